The molecule has 1 atom stereocenters. The van der Waals surface area contributed by atoms with E-state index in [1.807, 2.05) is 12.1 Å². The molecule has 0 fully saturated rings. The van der Waals surface area contributed by atoms with Gasteiger partial charge in [-0.2, -0.15) is 0 Å². The minimum atomic E-state index is -0.738. The van der Waals surface area contributed by atoms with E-state index in [2.05, 4.69) is 10.3 Å². The Morgan fingerprint density at radius 3 is 2.53 bits per heavy atom. The van der Waals surface area contributed by atoms with E-state index >= 15 is 0 Å². The summed E-state index contributed by atoms with van der Waals surface area (Å²) < 4.78 is 0. The molecular weight excluding hydrogens is 283 g/mol. The van der Waals surface area contributed by atoms with Gasteiger partial charge in [0.15, 0.2) is 0 Å². The summed E-state index contributed by atoms with van der Waals surface area (Å²) in [5.41, 5.74) is 1.62. The minimum absolute atomic E-state index is 0.373. The molecule has 0 radical (unpaired) electrons. The van der Waals surface area contributed by atoms with Crippen LogP contribution in [-0.2, 0) is 6.54 Å². The number of nitrogens with one attached hydrogen (secondary N) is 1. The maximum atomic E-state index is 10.1. The first kappa shape index (κ1) is 14.3. The van der Waals surface area contributed by atoms with Gasteiger partial charge in [-0.05, 0) is 23.8 Å². The van der Waals surface area contributed by atoms with Crippen molar-refractivity contribution < 1.29 is 5.11 Å². The molecule has 5 heteroatoms. The molecule has 1 aromatic carbocycles. The second-order valence-electron chi connectivity index (χ2n) is 4.14. The van der Waals surface area contributed by atoms with Crippen molar-refractivity contribution in [1.29, 1.82) is 0 Å². The number of aliphatic hydroxyl groups is 1. The van der Waals surface area contributed by atoms with Crippen molar-refractivity contribution in [3.8, 4) is 0 Å². The lowest BCUT2D eigenvalue weighted by Gasteiger charge is -2.15. The molecule has 0 amide bonds. The van der Waals surface area contributed by atoms with Crippen LogP contribution in [0.1, 0.15) is 17.2 Å². The zero-order chi connectivity index (χ0) is 13.7. The molecule has 100 valence electrons. The van der Waals surface area contributed by atoms with Crippen LogP contribution in [0.2, 0.25) is 10.0 Å². The molecular formula is C14H14Cl2N2O. The van der Waals surface area contributed by atoms with Gasteiger partial charge in [0.05, 0.1) is 6.10 Å². The summed E-state index contributed by atoms with van der Waals surface area (Å²) in [6.45, 7) is 1.01. The Morgan fingerprint density at radius 2 is 1.89 bits per heavy atom. The Labute approximate surface area is 122 Å². The number of hydrogen-bond donors (Lipinski definition) is 2. The largest absolute Gasteiger partial charge is 0.387 e. The fourth-order valence-electron chi connectivity index (χ4n) is 1.79. The van der Waals surface area contributed by atoms with Gasteiger partial charge in [0, 0.05) is 41.1 Å². The van der Waals surface area contributed by atoms with Crippen molar-refractivity contribution in [3.05, 3.63) is 63.9 Å². The first-order valence-corrected chi connectivity index (χ1v) is 6.65. The van der Waals surface area contributed by atoms with Gasteiger partial charge in [-0.15, -0.1) is 0 Å². The van der Waals surface area contributed by atoms with Gasteiger partial charge in [0.2, 0.25) is 0 Å². The monoisotopic (exact) mass is 296 g/mol. The summed E-state index contributed by atoms with van der Waals surface area (Å²) in [5.74, 6) is 0. The molecule has 0 aliphatic rings. The second kappa shape index (κ2) is 6.87. The van der Waals surface area contributed by atoms with Gasteiger partial charge in [-0.25, -0.2) is 0 Å². The molecule has 0 aliphatic carbocycles. The first-order valence-electron chi connectivity index (χ1n) is 5.90. The van der Waals surface area contributed by atoms with Gasteiger partial charge in [-0.3, -0.25) is 4.98 Å². The molecule has 19 heavy (non-hydrogen) atoms. The molecule has 3 nitrogen and oxygen atoms in total. The number of halogens is 2. The number of benzene rings is 1. The molecule has 0 saturated heterocycles. The number of pyridine rings is 1. The van der Waals surface area contributed by atoms with E-state index in [9.17, 15) is 5.11 Å². The van der Waals surface area contributed by atoms with Gasteiger partial charge in [-0.1, -0.05) is 35.3 Å². The van der Waals surface area contributed by atoms with Crippen molar-refractivity contribution in [2.45, 2.75) is 12.6 Å². The minimum Gasteiger partial charge on any atom is -0.387 e. The summed E-state index contributed by atoms with van der Waals surface area (Å²) in [7, 11) is 0. The van der Waals surface area contributed by atoms with E-state index in [-0.39, 0.29) is 0 Å². The van der Waals surface area contributed by atoms with Crippen molar-refractivity contribution in [1.82, 2.24) is 10.3 Å². The summed E-state index contributed by atoms with van der Waals surface area (Å²) >= 11 is 12.1. The van der Waals surface area contributed by atoms with Crippen molar-refractivity contribution in [2.75, 3.05) is 6.54 Å². The van der Waals surface area contributed by atoms with Crippen LogP contribution in [-0.4, -0.2) is 16.6 Å². The number of aliphatic hydroxyl groups excluding tert-OH is 1. The highest BCUT2D eigenvalue weighted by Crippen LogP contribution is 2.29. The molecule has 0 saturated carbocycles. The van der Waals surface area contributed by atoms with Crippen LogP contribution < -0.4 is 5.32 Å². The SMILES string of the molecule is OC(CNCc1cccnc1)c1c(Cl)cccc1Cl. The fraction of sp³-hybridized carbons (Fsp3) is 0.214. The van der Waals surface area contributed by atoms with Crippen LogP contribution in [0.5, 0.6) is 0 Å². The Balaban J connectivity index is 1.93. The molecule has 0 bridgehead atoms. The maximum Gasteiger partial charge on any atom is 0.0943 e. The molecule has 1 aromatic heterocycles. The zero-order valence-electron chi connectivity index (χ0n) is 10.2. The predicted octanol–water partition coefficient (Wildman–Crippen LogP) is 3.21. The summed E-state index contributed by atoms with van der Waals surface area (Å²) in [4.78, 5) is 4.02. The molecule has 1 heterocycles. The van der Waals surface area contributed by atoms with Gasteiger partial charge in [0.1, 0.15) is 0 Å². The topological polar surface area (TPSA) is 45.1 Å². The van der Waals surface area contributed by atoms with E-state index in [0.717, 1.165) is 5.56 Å². The third kappa shape index (κ3) is 3.91. The highest BCUT2D eigenvalue weighted by molar-refractivity contribution is 6.36. The zero-order valence-corrected chi connectivity index (χ0v) is 11.7. The van der Waals surface area contributed by atoms with Gasteiger partial charge >= 0.3 is 0 Å². The Kier molecular flexibility index (Phi) is 5.16. The third-order valence-electron chi connectivity index (χ3n) is 2.72. The number of nitrogens with zero attached hydrogens (tertiary/aromatic N) is 1. The Hall–Kier alpha value is -1.13. The molecule has 1 unspecified atom stereocenters. The lowest BCUT2D eigenvalue weighted by Crippen LogP contribution is -2.21. The van der Waals surface area contributed by atoms with Crippen LogP contribution in [0.4, 0.5) is 0 Å². The van der Waals surface area contributed by atoms with Crippen LogP contribution in [0.15, 0.2) is 42.7 Å². The Morgan fingerprint density at radius 1 is 1.16 bits per heavy atom. The van der Waals surface area contributed by atoms with Crippen molar-refractivity contribution in [2.24, 2.45) is 0 Å². The van der Waals surface area contributed by atoms with E-state index < -0.39 is 6.10 Å². The lowest BCUT2D eigenvalue weighted by atomic mass is 10.1. The van der Waals surface area contributed by atoms with Crippen molar-refractivity contribution in [3.63, 3.8) is 0 Å². The summed E-state index contributed by atoms with van der Waals surface area (Å²) in [6.07, 6.45) is 2.77. The van der Waals surface area contributed by atoms with E-state index in [1.54, 1.807) is 30.6 Å². The van der Waals surface area contributed by atoms with Crippen LogP contribution in [0.25, 0.3) is 0 Å². The molecule has 0 spiro atoms. The highest BCUT2D eigenvalue weighted by Gasteiger charge is 2.14. The van der Waals surface area contributed by atoms with E-state index in [1.165, 1.54) is 0 Å². The number of aromatic nitrogens is 1. The highest BCUT2D eigenvalue weighted by atomic mass is 35.5. The van der Waals surface area contributed by atoms with E-state index in [4.69, 9.17) is 23.2 Å². The van der Waals surface area contributed by atoms with Crippen molar-refractivity contribution >= 4 is 23.2 Å². The standard InChI is InChI=1S/C14H14Cl2N2O/c15-11-4-1-5-12(16)14(11)13(19)9-18-8-10-3-2-6-17-7-10/h1-7,13,18-19H,8-9H2. The molecule has 2 aromatic rings. The third-order valence-corrected chi connectivity index (χ3v) is 3.38. The predicted molar refractivity (Wildman–Crippen MR) is 77.4 cm³/mol. The number of rotatable bonds is 5. The van der Waals surface area contributed by atoms with Crippen LogP contribution in [0.3, 0.4) is 0 Å². The fourth-order valence-corrected chi connectivity index (χ4v) is 2.44. The molecule has 2 N–H and O–H groups in total. The van der Waals surface area contributed by atoms with Crippen LogP contribution >= 0.6 is 23.2 Å². The van der Waals surface area contributed by atoms with Gasteiger partial charge < -0.3 is 10.4 Å². The smallest absolute Gasteiger partial charge is 0.0943 e. The average Bonchev–Trinajstić information content (AvgIpc) is 2.40. The lowest BCUT2D eigenvalue weighted by molar-refractivity contribution is 0.174. The average molecular weight is 297 g/mol. The van der Waals surface area contributed by atoms with Crippen LogP contribution in [0, 0.1) is 0 Å². The van der Waals surface area contributed by atoms with E-state index in [0.29, 0.717) is 28.7 Å². The molecule has 2 rings (SSSR count). The Bertz CT molecular complexity index is 514. The quantitative estimate of drug-likeness (QED) is 0.890. The summed E-state index contributed by atoms with van der Waals surface area (Å²) in [6, 6.07) is 9.03. The summed E-state index contributed by atoms with van der Waals surface area (Å²) in [5, 5.41) is 14.2. The number of hydrogen-bond acceptors (Lipinski definition) is 3. The molecule has 0 aliphatic heterocycles. The normalized spacial score (nSPS) is 12.4. The first-order chi connectivity index (χ1) is 9.18. The maximum absolute atomic E-state index is 10.1. The second-order valence-corrected chi connectivity index (χ2v) is 4.96. The van der Waals surface area contributed by atoms with Gasteiger partial charge in [0.25, 0.3) is 0 Å².